The van der Waals surface area contributed by atoms with Crippen LogP contribution in [0.3, 0.4) is 0 Å². The lowest BCUT2D eigenvalue weighted by atomic mass is 10.1. The van der Waals surface area contributed by atoms with Gasteiger partial charge in [-0.05, 0) is 12.1 Å². The Morgan fingerprint density at radius 2 is 1.93 bits per heavy atom. The average Bonchev–Trinajstić information content (AvgIpc) is 2.19. The first-order chi connectivity index (χ1) is 6.56. The van der Waals surface area contributed by atoms with Crippen molar-refractivity contribution in [2.24, 2.45) is 0 Å². The van der Waals surface area contributed by atoms with Crippen molar-refractivity contribution in [3.63, 3.8) is 0 Å². The van der Waals surface area contributed by atoms with Crippen LogP contribution in [-0.2, 0) is 0 Å². The second kappa shape index (κ2) is 3.93. The van der Waals surface area contributed by atoms with Gasteiger partial charge in [-0.15, -0.1) is 0 Å². The van der Waals surface area contributed by atoms with Crippen LogP contribution in [0.1, 0.15) is 19.4 Å². The zero-order valence-corrected chi connectivity index (χ0v) is 8.27. The van der Waals surface area contributed by atoms with Crippen LogP contribution in [0.15, 0.2) is 30.3 Å². The molecular formula is C11H12N2O. The average molecular weight is 188 g/mol. The van der Waals surface area contributed by atoms with Crippen molar-refractivity contribution in [2.75, 3.05) is 0 Å². The summed E-state index contributed by atoms with van der Waals surface area (Å²) in [6.45, 7) is 3.17. The fourth-order valence-electron chi connectivity index (χ4n) is 0.885. The first-order valence-corrected chi connectivity index (χ1v) is 4.34. The van der Waals surface area contributed by atoms with Crippen LogP contribution in [0, 0.1) is 16.5 Å². The van der Waals surface area contributed by atoms with Gasteiger partial charge in [0, 0.05) is 19.4 Å². The third kappa shape index (κ3) is 2.33. The maximum absolute atomic E-state index is 11.5. The minimum atomic E-state index is -1.02. The summed E-state index contributed by atoms with van der Waals surface area (Å²) < 4.78 is 0.669. The highest BCUT2D eigenvalue weighted by molar-refractivity contribution is 5.75. The van der Waals surface area contributed by atoms with Crippen LogP contribution in [0.4, 0.5) is 0 Å². The molecule has 72 valence electrons. The molecule has 1 rings (SSSR count). The Morgan fingerprint density at radius 1 is 1.36 bits per heavy atom. The van der Waals surface area contributed by atoms with E-state index in [1.54, 1.807) is 13.8 Å². The first-order valence-electron chi connectivity index (χ1n) is 4.34. The third-order valence-corrected chi connectivity index (χ3v) is 1.89. The summed E-state index contributed by atoms with van der Waals surface area (Å²) in [5.41, 5.74) is -0.221. The van der Waals surface area contributed by atoms with Gasteiger partial charge < -0.3 is 5.21 Å². The van der Waals surface area contributed by atoms with Gasteiger partial charge in [-0.3, -0.25) is 0 Å². The van der Waals surface area contributed by atoms with Crippen molar-refractivity contribution in [1.29, 1.82) is 5.26 Å². The Morgan fingerprint density at radius 3 is 2.43 bits per heavy atom. The highest BCUT2D eigenvalue weighted by Crippen LogP contribution is 2.06. The number of hydrogen-bond acceptors (Lipinski definition) is 2. The summed E-state index contributed by atoms with van der Waals surface area (Å²) in [4.78, 5) is 0. The topological polar surface area (TPSA) is 49.9 Å². The van der Waals surface area contributed by atoms with Crippen molar-refractivity contribution in [3.05, 3.63) is 41.1 Å². The van der Waals surface area contributed by atoms with E-state index in [0.29, 0.717) is 4.74 Å². The van der Waals surface area contributed by atoms with E-state index in [9.17, 15) is 5.21 Å². The highest BCUT2D eigenvalue weighted by atomic mass is 16.5. The minimum absolute atomic E-state index is 0.669. The summed E-state index contributed by atoms with van der Waals surface area (Å²) in [6, 6.07) is 11.1. The van der Waals surface area contributed by atoms with E-state index >= 15 is 0 Å². The Hall–Kier alpha value is -1.82. The molecule has 0 saturated heterocycles. The number of rotatable bonds is 2. The molecule has 0 aliphatic carbocycles. The zero-order valence-electron chi connectivity index (χ0n) is 8.27. The monoisotopic (exact) mass is 188 g/mol. The molecular weight excluding hydrogens is 176 g/mol. The fourth-order valence-corrected chi connectivity index (χ4v) is 0.885. The SMILES string of the molecule is CC(C)(C#N)/[N+]([O-])=C\c1ccccc1. The molecule has 0 aliphatic heterocycles. The molecule has 0 aliphatic rings. The van der Waals surface area contributed by atoms with Gasteiger partial charge in [0.25, 0.3) is 5.54 Å². The Labute approximate surface area is 83.5 Å². The number of hydroxylamine groups is 1. The van der Waals surface area contributed by atoms with Crippen LogP contribution < -0.4 is 0 Å². The molecule has 1 aromatic carbocycles. The molecule has 14 heavy (non-hydrogen) atoms. The molecule has 0 atom stereocenters. The number of nitrogens with zero attached hydrogens (tertiary/aromatic N) is 2. The predicted octanol–water partition coefficient (Wildman–Crippen LogP) is 1.92. The Kier molecular flexibility index (Phi) is 2.88. The standard InChI is InChI=1S/C11H12N2O/c1-11(2,9-12)13(14)8-10-6-4-3-5-7-10/h3-8H,1-2H3/b13-8+. The van der Waals surface area contributed by atoms with Gasteiger partial charge >= 0.3 is 0 Å². The molecule has 0 saturated carbocycles. The predicted molar refractivity (Wildman–Crippen MR) is 54.9 cm³/mol. The largest absolute Gasteiger partial charge is 0.623 e. The maximum atomic E-state index is 11.5. The molecule has 0 heterocycles. The second-order valence-electron chi connectivity index (χ2n) is 3.54. The van der Waals surface area contributed by atoms with Crippen LogP contribution in [0.2, 0.25) is 0 Å². The van der Waals surface area contributed by atoms with Gasteiger partial charge in [0.15, 0.2) is 6.21 Å². The molecule has 3 nitrogen and oxygen atoms in total. The van der Waals surface area contributed by atoms with E-state index in [2.05, 4.69) is 0 Å². The molecule has 0 spiro atoms. The zero-order chi connectivity index (χ0) is 10.6. The number of benzene rings is 1. The normalized spacial score (nSPS) is 12.2. The number of nitriles is 1. The van der Waals surface area contributed by atoms with Crippen molar-refractivity contribution in [1.82, 2.24) is 0 Å². The van der Waals surface area contributed by atoms with E-state index in [0.717, 1.165) is 5.56 Å². The van der Waals surface area contributed by atoms with E-state index in [4.69, 9.17) is 5.26 Å². The van der Waals surface area contributed by atoms with Crippen LogP contribution >= 0.6 is 0 Å². The van der Waals surface area contributed by atoms with Crippen molar-refractivity contribution < 1.29 is 4.74 Å². The van der Waals surface area contributed by atoms with Crippen LogP contribution in [0.25, 0.3) is 0 Å². The molecule has 0 N–H and O–H groups in total. The van der Waals surface area contributed by atoms with E-state index < -0.39 is 5.54 Å². The van der Waals surface area contributed by atoms with Gasteiger partial charge in [0.1, 0.15) is 6.07 Å². The second-order valence-corrected chi connectivity index (χ2v) is 3.54. The van der Waals surface area contributed by atoms with Gasteiger partial charge in [0.2, 0.25) is 0 Å². The summed E-state index contributed by atoms with van der Waals surface area (Å²) in [6.07, 6.45) is 1.42. The molecule has 0 radical (unpaired) electrons. The first kappa shape index (κ1) is 10.3. The van der Waals surface area contributed by atoms with Gasteiger partial charge in [0.05, 0.1) is 0 Å². The molecule has 0 aromatic heterocycles. The lowest BCUT2D eigenvalue weighted by Crippen LogP contribution is -2.31. The van der Waals surface area contributed by atoms with Crippen LogP contribution in [0.5, 0.6) is 0 Å². The molecule has 0 fully saturated rings. The number of hydrogen-bond donors (Lipinski definition) is 0. The minimum Gasteiger partial charge on any atom is -0.623 e. The van der Waals surface area contributed by atoms with Crippen molar-refractivity contribution in [3.8, 4) is 6.07 Å². The van der Waals surface area contributed by atoms with E-state index in [-0.39, 0.29) is 0 Å². The van der Waals surface area contributed by atoms with E-state index in [1.807, 2.05) is 36.4 Å². The lowest BCUT2D eigenvalue weighted by molar-refractivity contribution is -0.517. The molecule has 0 amide bonds. The van der Waals surface area contributed by atoms with Crippen molar-refractivity contribution >= 4 is 6.21 Å². The summed E-state index contributed by atoms with van der Waals surface area (Å²) >= 11 is 0. The molecule has 0 unspecified atom stereocenters. The smallest absolute Gasteiger partial charge is 0.252 e. The van der Waals surface area contributed by atoms with Gasteiger partial charge in [-0.2, -0.15) is 10.0 Å². The fraction of sp³-hybridized carbons (Fsp3) is 0.273. The Balaban J connectivity index is 2.97. The molecule has 0 bridgehead atoms. The molecule has 3 heteroatoms. The lowest BCUT2D eigenvalue weighted by Gasteiger charge is -2.15. The van der Waals surface area contributed by atoms with Gasteiger partial charge in [-0.1, -0.05) is 18.2 Å². The summed E-state index contributed by atoms with van der Waals surface area (Å²) in [7, 11) is 0. The molecule has 1 aromatic rings. The van der Waals surface area contributed by atoms with Crippen LogP contribution in [-0.4, -0.2) is 16.5 Å². The van der Waals surface area contributed by atoms with Crippen molar-refractivity contribution in [2.45, 2.75) is 19.4 Å². The third-order valence-electron chi connectivity index (χ3n) is 1.89. The van der Waals surface area contributed by atoms with E-state index in [1.165, 1.54) is 6.21 Å². The summed E-state index contributed by atoms with van der Waals surface area (Å²) in [5, 5.41) is 20.2. The highest BCUT2D eigenvalue weighted by Gasteiger charge is 2.24. The maximum Gasteiger partial charge on any atom is 0.252 e. The Bertz CT molecular complexity index is 374. The summed E-state index contributed by atoms with van der Waals surface area (Å²) in [5.74, 6) is 0. The quantitative estimate of drug-likeness (QED) is 0.308. The van der Waals surface area contributed by atoms with Gasteiger partial charge in [-0.25, -0.2) is 0 Å².